The maximum atomic E-state index is 12.8. The van der Waals surface area contributed by atoms with E-state index in [1.54, 1.807) is 0 Å². The third-order valence-electron chi connectivity index (χ3n) is 4.83. The van der Waals surface area contributed by atoms with E-state index in [4.69, 9.17) is 10.5 Å². The molecule has 132 valence electrons. The van der Waals surface area contributed by atoms with Crippen LogP contribution in [-0.4, -0.2) is 49.5 Å². The molecule has 2 atom stereocenters. The van der Waals surface area contributed by atoms with Gasteiger partial charge in [0.25, 0.3) is 5.69 Å². The Morgan fingerprint density at radius 3 is 2.46 bits per heavy atom. The van der Waals surface area contributed by atoms with Crippen LogP contribution in [-0.2, 0) is 14.8 Å². The minimum absolute atomic E-state index is 0.00775. The zero-order valence-electron chi connectivity index (χ0n) is 13.2. The Bertz CT molecular complexity index is 716. The van der Waals surface area contributed by atoms with Gasteiger partial charge in [0, 0.05) is 31.8 Å². The first-order chi connectivity index (χ1) is 11.4. The third kappa shape index (κ3) is 3.16. The molecule has 0 saturated carbocycles. The highest BCUT2D eigenvalue weighted by Gasteiger charge is 2.38. The number of sulfonamides is 1. The summed E-state index contributed by atoms with van der Waals surface area (Å²) in [4.78, 5) is 10.2. The molecule has 24 heavy (non-hydrogen) atoms. The van der Waals surface area contributed by atoms with Crippen molar-refractivity contribution in [3.63, 3.8) is 0 Å². The molecule has 1 aromatic carbocycles. The number of nitrogens with zero attached hydrogens (tertiary/aromatic N) is 2. The predicted molar refractivity (Wildman–Crippen MR) is 86.9 cm³/mol. The van der Waals surface area contributed by atoms with Crippen LogP contribution in [0.4, 0.5) is 5.69 Å². The average Bonchev–Trinajstić information content (AvgIpc) is 3.01. The Morgan fingerprint density at radius 2 is 1.88 bits per heavy atom. The number of nitro benzene ring substituents is 1. The molecule has 9 heteroatoms. The Balaban J connectivity index is 1.75. The van der Waals surface area contributed by atoms with Gasteiger partial charge in [-0.2, -0.15) is 4.31 Å². The first-order valence-corrected chi connectivity index (χ1v) is 9.46. The summed E-state index contributed by atoms with van der Waals surface area (Å²) < 4.78 is 32.5. The first kappa shape index (κ1) is 17.3. The number of hydrogen-bond donors (Lipinski definition) is 1. The average molecular weight is 355 g/mol. The fraction of sp³-hybridized carbons (Fsp3) is 0.600. The zero-order chi connectivity index (χ0) is 17.3. The Labute approximate surface area is 140 Å². The van der Waals surface area contributed by atoms with E-state index in [1.165, 1.54) is 28.6 Å². The van der Waals surface area contributed by atoms with E-state index < -0.39 is 14.9 Å². The molecule has 0 radical (unpaired) electrons. The minimum Gasteiger partial charge on any atom is -0.376 e. The molecular weight excluding hydrogens is 334 g/mol. The van der Waals surface area contributed by atoms with Gasteiger partial charge in [0.15, 0.2) is 4.90 Å². The summed E-state index contributed by atoms with van der Waals surface area (Å²) in [6.45, 7) is 1.30. The van der Waals surface area contributed by atoms with Gasteiger partial charge in [-0.05, 0) is 31.2 Å². The van der Waals surface area contributed by atoms with Crippen molar-refractivity contribution in [2.75, 3.05) is 19.7 Å². The van der Waals surface area contributed by atoms with Gasteiger partial charge < -0.3 is 10.5 Å². The van der Waals surface area contributed by atoms with Crippen LogP contribution in [0.2, 0.25) is 0 Å². The van der Waals surface area contributed by atoms with Crippen LogP contribution in [0.3, 0.4) is 0 Å². The number of nitrogens with two attached hydrogens (primary N) is 1. The van der Waals surface area contributed by atoms with Crippen LogP contribution in [0.5, 0.6) is 0 Å². The lowest BCUT2D eigenvalue weighted by molar-refractivity contribution is -0.387. The van der Waals surface area contributed by atoms with Gasteiger partial charge in [-0.1, -0.05) is 12.1 Å². The fourth-order valence-corrected chi connectivity index (χ4v) is 5.15. The van der Waals surface area contributed by atoms with Crippen molar-refractivity contribution in [1.82, 2.24) is 4.31 Å². The number of nitro groups is 1. The molecular formula is C15H21N3O5S. The smallest absolute Gasteiger partial charge is 0.289 e. The van der Waals surface area contributed by atoms with Crippen molar-refractivity contribution < 1.29 is 18.1 Å². The molecule has 1 aromatic rings. The molecule has 0 aromatic heterocycles. The molecule has 2 aliphatic heterocycles. The molecule has 0 bridgehead atoms. The number of para-hydroxylation sites is 1. The second-order valence-electron chi connectivity index (χ2n) is 6.25. The van der Waals surface area contributed by atoms with Crippen molar-refractivity contribution in [2.45, 2.75) is 36.3 Å². The Hall–Kier alpha value is -1.55. The number of benzene rings is 1. The number of rotatable bonds is 4. The van der Waals surface area contributed by atoms with Crippen molar-refractivity contribution in [2.24, 2.45) is 11.7 Å². The quantitative estimate of drug-likeness (QED) is 0.639. The van der Waals surface area contributed by atoms with Crippen molar-refractivity contribution >= 4 is 15.7 Å². The summed E-state index contributed by atoms with van der Waals surface area (Å²) in [7, 11) is -3.88. The SMILES string of the molecule is N[C@@H]1CCO[C@H]1C1CCN(S(=O)(=O)c2ccccc2[N+](=O)[O-])CC1. The minimum atomic E-state index is -3.88. The second-order valence-corrected chi connectivity index (χ2v) is 8.16. The predicted octanol–water partition coefficient (Wildman–Crippen LogP) is 1.11. The summed E-state index contributed by atoms with van der Waals surface area (Å²) >= 11 is 0. The molecule has 2 saturated heterocycles. The molecule has 2 heterocycles. The lowest BCUT2D eigenvalue weighted by Crippen LogP contribution is -2.45. The summed E-state index contributed by atoms with van der Waals surface area (Å²) in [6.07, 6.45) is 2.12. The van der Waals surface area contributed by atoms with Crippen LogP contribution < -0.4 is 5.73 Å². The maximum Gasteiger partial charge on any atom is 0.289 e. The summed E-state index contributed by atoms with van der Waals surface area (Å²) in [5.74, 6) is 0.236. The van der Waals surface area contributed by atoms with E-state index in [0.29, 0.717) is 32.5 Å². The molecule has 2 aliphatic rings. The van der Waals surface area contributed by atoms with Gasteiger partial charge in [-0.3, -0.25) is 10.1 Å². The lowest BCUT2D eigenvalue weighted by Gasteiger charge is -2.34. The summed E-state index contributed by atoms with van der Waals surface area (Å²) in [5.41, 5.74) is 5.65. The normalized spacial score (nSPS) is 26.5. The standard InChI is InChI=1S/C15H21N3O5S/c16-12-7-10-23-15(12)11-5-8-17(9-6-11)24(21,22)14-4-2-1-3-13(14)18(19)20/h1-4,11-12,15H,5-10,16H2/t12-,15+/m1/s1. The second kappa shape index (κ2) is 6.75. The van der Waals surface area contributed by atoms with Gasteiger partial charge in [0.1, 0.15) is 0 Å². The largest absolute Gasteiger partial charge is 0.376 e. The van der Waals surface area contributed by atoms with Crippen LogP contribution in [0.1, 0.15) is 19.3 Å². The van der Waals surface area contributed by atoms with E-state index in [0.717, 1.165) is 6.42 Å². The van der Waals surface area contributed by atoms with Crippen LogP contribution >= 0.6 is 0 Å². The Morgan fingerprint density at radius 1 is 1.21 bits per heavy atom. The van der Waals surface area contributed by atoms with E-state index in [2.05, 4.69) is 0 Å². The Kier molecular flexibility index (Phi) is 4.86. The van der Waals surface area contributed by atoms with Crippen molar-refractivity contribution in [3.8, 4) is 0 Å². The number of piperidine rings is 1. The van der Waals surface area contributed by atoms with Gasteiger partial charge in [-0.15, -0.1) is 0 Å². The molecule has 2 N–H and O–H groups in total. The maximum absolute atomic E-state index is 12.8. The number of hydrogen-bond acceptors (Lipinski definition) is 6. The zero-order valence-corrected chi connectivity index (χ0v) is 14.0. The molecule has 0 spiro atoms. The van der Waals surface area contributed by atoms with Crippen molar-refractivity contribution in [1.29, 1.82) is 0 Å². The molecule has 2 fully saturated rings. The van der Waals surface area contributed by atoms with Gasteiger partial charge in [0.05, 0.1) is 11.0 Å². The van der Waals surface area contributed by atoms with Crippen LogP contribution in [0.15, 0.2) is 29.2 Å². The molecule has 0 unspecified atom stereocenters. The molecule has 0 aliphatic carbocycles. The third-order valence-corrected chi connectivity index (χ3v) is 6.77. The van der Waals surface area contributed by atoms with Gasteiger partial charge >= 0.3 is 0 Å². The highest BCUT2D eigenvalue weighted by Crippen LogP contribution is 2.32. The monoisotopic (exact) mass is 355 g/mol. The van der Waals surface area contributed by atoms with Crippen molar-refractivity contribution in [3.05, 3.63) is 34.4 Å². The van der Waals surface area contributed by atoms with E-state index in [1.807, 2.05) is 0 Å². The highest BCUT2D eigenvalue weighted by atomic mass is 32.2. The van der Waals surface area contributed by atoms with Gasteiger partial charge in [0.2, 0.25) is 10.0 Å². The molecule has 0 amide bonds. The first-order valence-electron chi connectivity index (χ1n) is 8.02. The molecule has 3 rings (SSSR count). The number of ether oxygens (including phenoxy) is 1. The van der Waals surface area contributed by atoms with E-state index >= 15 is 0 Å². The fourth-order valence-electron chi connectivity index (χ4n) is 3.52. The van der Waals surface area contributed by atoms with Crippen LogP contribution in [0.25, 0.3) is 0 Å². The molecule has 8 nitrogen and oxygen atoms in total. The topological polar surface area (TPSA) is 116 Å². The summed E-state index contributed by atoms with van der Waals surface area (Å²) in [5, 5.41) is 11.1. The van der Waals surface area contributed by atoms with E-state index in [-0.39, 0.29) is 28.6 Å². The lowest BCUT2D eigenvalue weighted by atomic mass is 9.88. The van der Waals surface area contributed by atoms with E-state index in [9.17, 15) is 18.5 Å². The van der Waals surface area contributed by atoms with Gasteiger partial charge in [-0.25, -0.2) is 8.42 Å². The van der Waals surface area contributed by atoms with Crippen LogP contribution in [0, 0.1) is 16.0 Å². The highest BCUT2D eigenvalue weighted by molar-refractivity contribution is 7.89. The summed E-state index contributed by atoms with van der Waals surface area (Å²) in [6, 6.07) is 5.47.